The summed E-state index contributed by atoms with van der Waals surface area (Å²) in [4.78, 5) is 47.4. The van der Waals surface area contributed by atoms with Crippen molar-refractivity contribution in [2.45, 2.75) is 44.6 Å². The molecule has 276 valence electrons. The Morgan fingerprint density at radius 3 is 2.49 bits per heavy atom. The second kappa shape index (κ2) is 16.4. The minimum absolute atomic E-state index is 0.0381. The van der Waals surface area contributed by atoms with E-state index < -0.39 is 11.9 Å². The number of pyridine rings is 2. The highest BCUT2D eigenvalue weighted by Crippen LogP contribution is 2.42. The lowest BCUT2D eigenvalue weighted by Crippen LogP contribution is -2.40. The largest absolute Gasteiger partial charge is 0.481 e. The normalized spacial score (nSPS) is 14.8. The molecule has 4 N–H and O–H groups in total. The molecule has 0 spiro atoms. The van der Waals surface area contributed by atoms with Gasteiger partial charge in [0, 0.05) is 79.4 Å². The summed E-state index contributed by atoms with van der Waals surface area (Å²) in [6.45, 7) is 0.464. The van der Waals surface area contributed by atoms with Gasteiger partial charge in [0.2, 0.25) is 17.7 Å². The van der Waals surface area contributed by atoms with Crippen molar-refractivity contribution in [3.63, 3.8) is 0 Å². The van der Waals surface area contributed by atoms with E-state index in [0.717, 1.165) is 0 Å². The number of rotatable bonds is 13. The van der Waals surface area contributed by atoms with Gasteiger partial charge in [-0.15, -0.1) is 0 Å². The van der Waals surface area contributed by atoms with Gasteiger partial charge in [-0.2, -0.15) is 0 Å². The van der Waals surface area contributed by atoms with E-state index in [9.17, 15) is 19.5 Å². The highest BCUT2D eigenvalue weighted by Gasteiger charge is 2.27. The first-order chi connectivity index (χ1) is 25.5. The number of methoxy groups -OCH3 is 1. The van der Waals surface area contributed by atoms with E-state index in [-0.39, 0.29) is 66.7 Å². The van der Waals surface area contributed by atoms with E-state index in [2.05, 4.69) is 25.9 Å². The summed E-state index contributed by atoms with van der Waals surface area (Å²) in [7, 11) is 4.73. The van der Waals surface area contributed by atoms with Gasteiger partial charge in [0.1, 0.15) is 11.5 Å². The molecular weight excluding hydrogens is 724 g/mol. The predicted molar refractivity (Wildman–Crippen MR) is 201 cm³/mol. The standard InChI is InChI=1S/C38H38Cl2FN7O5/c1-42-34(51)15-23(49)19-43-17-22-18-44-32-14-21(12-13-48(32)38(22)52)24-6-4-7-25(35(24)39)26-8-5-9-27(36(26)40)30-16-29(41)28(37(45-30)53-3)20-47(2)31-10-11-33(50)46-31/h4-9,12-14,16,18,23,31,43,49H,10-11,15,17,19-20H2,1-3H3,(H,42,51)(H,46,50)/t23-,31-/m0/s1. The Kier molecular flexibility index (Phi) is 11.7. The smallest absolute Gasteiger partial charge is 0.262 e. The predicted octanol–water partition coefficient (Wildman–Crippen LogP) is 4.80. The van der Waals surface area contributed by atoms with Crippen LogP contribution < -0.4 is 26.2 Å². The Labute approximate surface area is 314 Å². The lowest BCUT2D eigenvalue weighted by Gasteiger charge is -2.25. The molecule has 53 heavy (non-hydrogen) atoms. The van der Waals surface area contributed by atoms with Gasteiger partial charge in [-0.3, -0.25) is 23.7 Å². The average Bonchev–Trinajstić information content (AvgIpc) is 3.59. The van der Waals surface area contributed by atoms with E-state index in [1.807, 2.05) is 29.2 Å². The number of carbonyl (C=O) groups is 2. The van der Waals surface area contributed by atoms with Crippen LogP contribution in [0.4, 0.5) is 4.39 Å². The summed E-state index contributed by atoms with van der Waals surface area (Å²) in [6.07, 6.45) is 3.01. The zero-order valence-corrected chi connectivity index (χ0v) is 30.8. The summed E-state index contributed by atoms with van der Waals surface area (Å²) >= 11 is 14.1. The minimum atomic E-state index is -0.895. The van der Waals surface area contributed by atoms with Crippen molar-refractivity contribution >= 4 is 40.7 Å². The number of nitrogens with zero attached hydrogens (tertiary/aromatic N) is 4. The lowest BCUT2D eigenvalue weighted by atomic mass is 9.97. The Bertz CT molecular complexity index is 2250. The molecule has 0 saturated carbocycles. The fraction of sp³-hybridized carbons (Fsp3) is 0.289. The summed E-state index contributed by atoms with van der Waals surface area (Å²) in [5, 5.41) is 19.1. The number of benzene rings is 2. The van der Waals surface area contributed by atoms with E-state index >= 15 is 4.39 Å². The fourth-order valence-corrected chi connectivity index (χ4v) is 6.98. The van der Waals surface area contributed by atoms with E-state index in [1.54, 1.807) is 37.5 Å². The fourth-order valence-electron chi connectivity index (χ4n) is 6.32. The maximum Gasteiger partial charge on any atom is 0.262 e. The van der Waals surface area contributed by atoms with Crippen molar-refractivity contribution in [2.24, 2.45) is 0 Å². The number of ether oxygens (including phenoxy) is 1. The number of hydrogen-bond acceptors (Lipinski definition) is 9. The van der Waals surface area contributed by atoms with Crippen LogP contribution in [0.5, 0.6) is 5.88 Å². The van der Waals surface area contributed by atoms with Gasteiger partial charge in [-0.25, -0.2) is 14.4 Å². The average molecular weight is 763 g/mol. The molecule has 0 radical (unpaired) electrons. The Balaban J connectivity index is 1.25. The van der Waals surface area contributed by atoms with Crippen LogP contribution in [0.3, 0.4) is 0 Å². The molecule has 0 unspecified atom stereocenters. The molecule has 2 atom stereocenters. The molecule has 2 amide bonds. The van der Waals surface area contributed by atoms with Crippen LogP contribution in [0.25, 0.3) is 39.2 Å². The van der Waals surface area contributed by atoms with Crippen molar-refractivity contribution in [3.8, 4) is 39.4 Å². The van der Waals surface area contributed by atoms with Gasteiger partial charge in [-0.1, -0.05) is 59.6 Å². The third-order valence-corrected chi connectivity index (χ3v) is 10.0. The first kappa shape index (κ1) is 37.8. The van der Waals surface area contributed by atoms with E-state index in [1.165, 1.54) is 30.8 Å². The van der Waals surface area contributed by atoms with Crippen LogP contribution in [0.15, 0.2) is 71.8 Å². The summed E-state index contributed by atoms with van der Waals surface area (Å²) in [6, 6.07) is 15.7. The SMILES string of the molecule is CNC(=O)C[C@H](O)CNCc1cnc2cc(-c3cccc(-c4cccc(-c5cc(F)c(CN(C)[C@H]6CCC(=O)N6)c(OC)n5)c4Cl)c3Cl)ccn2c1=O. The Hall–Kier alpha value is -4.92. The van der Waals surface area contributed by atoms with E-state index in [0.29, 0.717) is 61.9 Å². The number of aromatic nitrogens is 3. The van der Waals surface area contributed by atoms with Crippen molar-refractivity contribution in [3.05, 3.63) is 104 Å². The highest BCUT2D eigenvalue weighted by atomic mass is 35.5. The molecule has 15 heteroatoms. The van der Waals surface area contributed by atoms with Gasteiger partial charge in [0.15, 0.2) is 0 Å². The third kappa shape index (κ3) is 8.19. The molecule has 3 aromatic heterocycles. The number of halogens is 3. The quantitative estimate of drug-likeness (QED) is 0.133. The van der Waals surface area contributed by atoms with Gasteiger partial charge in [0.25, 0.3) is 5.56 Å². The first-order valence-corrected chi connectivity index (χ1v) is 17.7. The van der Waals surface area contributed by atoms with Crippen molar-refractivity contribution in [1.29, 1.82) is 0 Å². The van der Waals surface area contributed by atoms with Gasteiger partial charge in [-0.05, 0) is 31.2 Å². The van der Waals surface area contributed by atoms with Crippen molar-refractivity contribution in [2.75, 3.05) is 27.7 Å². The van der Waals surface area contributed by atoms with E-state index in [4.69, 9.17) is 27.9 Å². The number of hydrogen-bond donors (Lipinski definition) is 4. The van der Waals surface area contributed by atoms with Gasteiger partial charge >= 0.3 is 0 Å². The summed E-state index contributed by atoms with van der Waals surface area (Å²) < 4.78 is 22.7. The number of nitrogens with one attached hydrogen (secondary N) is 3. The van der Waals surface area contributed by atoms with Gasteiger partial charge in [0.05, 0.1) is 47.1 Å². The van der Waals surface area contributed by atoms with Crippen LogP contribution in [-0.4, -0.2) is 76.2 Å². The van der Waals surface area contributed by atoms with Crippen LogP contribution in [0.1, 0.15) is 30.4 Å². The topological polar surface area (TPSA) is 150 Å². The van der Waals surface area contributed by atoms with Gasteiger partial charge < -0.3 is 25.8 Å². The molecule has 0 aliphatic carbocycles. The molecule has 1 fully saturated rings. The molecule has 4 heterocycles. The zero-order chi connectivity index (χ0) is 37.8. The second-order valence-electron chi connectivity index (χ2n) is 12.7. The molecule has 1 aliphatic rings. The maximum absolute atomic E-state index is 15.7. The molecule has 5 aromatic rings. The van der Waals surface area contributed by atoms with Crippen LogP contribution >= 0.6 is 23.2 Å². The maximum atomic E-state index is 15.7. The number of amides is 2. The lowest BCUT2D eigenvalue weighted by molar-refractivity contribution is -0.122. The minimum Gasteiger partial charge on any atom is -0.481 e. The van der Waals surface area contributed by atoms with Crippen molar-refractivity contribution < 1.29 is 23.8 Å². The zero-order valence-electron chi connectivity index (χ0n) is 29.3. The molecular formula is C38H38Cl2FN7O5. The second-order valence-corrected chi connectivity index (χ2v) is 13.5. The molecule has 6 rings (SSSR count). The third-order valence-electron chi connectivity index (χ3n) is 9.19. The Morgan fingerprint density at radius 1 is 1.11 bits per heavy atom. The van der Waals surface area contributed by atoms with Crippen LogP contribution in [0.2, 0.25) is 10.0 Å². The Morgan fingerprint density at radius 2 is 1.81 bits per heavy atom. The summed E-state index contributed by atoms with van der Waals surface area (Å²) in [5.41, 5.74) is 4.16. The van der Waals surface area contributed by atoms with Crippen LogP contribution in [0, 0.1) is 5.82 Å². The molecule has 2 aromatic carbocycles. The number of fused-ring (bicyclic) bond motifs is 1. The van der Waals surface area contributed by atoms with Crippen LogP contribution in [-0.2, 0) is 22.7 Å². The monoisotopic (exact) mass is 761 g/mol. The summed E-state index contributed by atoms with van der Waals surface area (Å²) in [5.74, 6) is -0.724. The number of aliphatic hydroxyl groups is 1. The molecule has 12 nitrogen and oxygen atoms in total. The number of aliphatic hydroxyl groups excluding tert-OH is 1. The first-order valence-electron chi connectivity index (χ1n) is 16.9. The highest BCUT2D eigenvalue weighted by molar-refractivity contribution is 6.39. The molecule has 0 bridgehead atoms. The molecule has 1 aliphatic heterocycles. The number of carbonyl (C=O) groups excluding carboxylic acids is 2. The van der Waals surface area contributed by atoms with Crippen molar-refractivity contribution in [1.82, 2.24) is 35.2 Å². The molecule has 1 saturated heterocycles.